The van der Waals surface area contributed by atoms with Crippen LogP contribution in [0, 0.1) is 5.41 Å². The molecule has 0 aromatic carbocycles. The molecule has 0 aliphatic carbocycles. The van der Waals surface area contributed by atoms with Crippen molar-refractivity contribution >= 4 is 5.97 Å². The second-order valence-corrected chi connectivity index (χ2v) is 9.98. The van der Waals surface area contributed by atoms with E-state index in [1.807, 2.05) is 13.8 Å². The fourth-order valence-electron chi connectivity index (χ4n) is 4.60. The van der Waals surface area contributed by atoms with E-state index in [1.165, 1.54) is 12.5 Å². The van der Waals surface area contributed by atoms with E-state index in [9.17, 15) is 4.79 Å². The van der Waals surface area contributed by atoms with E-state index < -0.39 is 5.60 Å². The normalized spacial score (nSPS) is 18.2. The highest BCUT2D eigenvalue weighted by molar-refractivity contribution is 5.81. The van der Waals surface area contributed by atoms with Gasteiger partial charge in [-0.3, -0.25) is 0 Å². The Balaban J connectivity index is 5.35. The summed E-state index contributed by atoms with van der Waals surface area (Å²) in [6, 6.07) is 0. The SMILES string of the molecule is C=CC(=O)OC(C)(C)CCOC(C)(CC)CC(CC)(CCC)CC(C)(CC)OCC. The van der Waals surface area contributed by atoms with Gasteiger partial charge in [0.1, 0.15) is 5.60 Å². The van der Waals surface area contributed by atoms with Crippen LogP contribution in [0.25, 0.3) is 0 Å². The average molecular weight is 427 g/mol. The Labute approximate surface area is 187 Å². The molecular formula is C26H50O4. The zero-order valence-corrected chi connectivity index (χ0v) is 21.5. The van der Waals surface area contributed by atoms with Crippen molar-refractivity contribution in [1.82, 2.24) is 0 Å². The van der Waals surface area contributed by atoms with E-state index in [0.29, 0.717) is 13.0 Å². The lowest BCUT2D eigenvalue weighted by Gasteiger charge is -2.46. The van der Waals surface area contributed by atoms with Crippen LogP contribution < -0.4 is 0 Å². The zero-order chi connectivity index (χ0) is 23.5. The molecule has 30 heavy (non-hydrogen) atoms. The number of carbonyl (C=O) groups excluding carboxylic acids is 1. The molecule has 0 rings (SSSR count). The molecule has 178 valence electrons. The summed E-state index contributed by atoms with van der Waals surface area (Å²) in [4.78, 5) is 11.6. The van der Waals surface area contributed by atoms with Crippen LogP contribution in [0.1, 0.15) is 114 Å². The van der Waals surface area contributed by atoms with Crippen molar-refractivity contribution in [3.63, 3.8) is 0 Å². The topological polar surface area (TPSA) is 44.8 Å². The molecule has 4 nitrogen and oxygen atoms in total. The molecule has 0 amide bonds. The fraction of sp³-hybridized carbons (Fsp3) is 0.885. The van der Waals surface area contributed by atoms with E-state index in [1.54, 1.807) is 0 Å². The zero-order valence-electron chi connectivity index (χ0n) is 21.5. The Morgan fingerprint density at radius 2 is 1.37 bits per heavy atom. The summed E-state index contributed by atoms with van der Waals surface area (Å²) in [5.74, 6) is -0.388. The van der Waals surface area contributed by atoms with Gasteiger partial charge in [0.15, 0.2) is 0 Å². The molecule has 0 N–H and O–H groups in total. The Bertz CT molecular complexity index is 515. The molecule has 0 aliphatic heterocycles. The number of carbonyl (C=O) groups is 1. The summed E-state index contributed by atoms with van der Waals surface area (Å²) < 4.78 is 18.1. The average Bonchev–Trinajstić information content (AvgIpc) is 2.67. The highest BCUT2D eigenvalue weighted by Crippen LogP contribution is 2.46. The molecule has 0 aromatic rings. The van der Waals surface area contributed by atoms with E-state index in [2.05, 4.69) is 55.0 Å². The van der Waals surface area contributed by atoms with Gasteiger partial charge in [-0.15, -0.1) is 0 Å². The van der Waals surface area contributed by atoms with Crippen LogP contribution in [0.2, 0.25) is 0 Å². The second kappa shape index (κ2) is 12.9. The molecule has 0 spiro atoms. The summed E-state index contributed by atoms with van der Waals surface area (Å²) in [6.07, 6.45) is 9.33. The first-order valence-electron chi connectivity index (χ1n) is 12.0. The van der Waals surface area contributed by atoms with Gasteiger partial charge in [0.05, 0.1) is 17.8 Å². The largest absolute Gasteiger partial charge is 0.456 e. The predicted molar refractivity (Wildman–Crippen MR) is 127 cm³/mol. The minimum absolute atomic E-state index is 0.102. The lowest BCUT2D eigenvalue weighted by molar-refractivity contribution is -0.154. The quantitative estimate of drug-likeness (QED) is 0.181. The first kappa shape index (κ1) is 29.1. The van der Waals surface area contributed by atoms with Crippen molar-refractivity contribution in [3.05, 3.63) is 12.7 Å². The van der Waals surface area contributed by atoms with Crippen LogP contribution in [-0.2, 0) is 19.0 Å². The number of rotatable bonds is 17. The van der Waals surface area contributed by atoms with Gasteiger partial charge in [0, 0.05) is 19.1 Å². The van der Waals surface area contributed by atoms with E-state index in [4.69, 9.17) is 14.2 Å². The molecular weight excluding hydrogens is 376 g/mol. The number of hydrogen-bond donors (Lipinski definition) is 0. The summed E-state index contributed by atoms with van der Waals surface area (Å²) >= 11 is 0. The van der Waals surface area contributed by atoms with Crippen molar-refractivity contribution in [3.8, 4) is 0 Å². The predicted octanol–water partition coefficient (Wildman–Crippen LogP) is 7.25. The molecule has 0 bridgehead atoms. The maximum absolute atomic E-state index is 11.6. The van der Waals surface area contributed by atoms with Gasteiger partial charge in [-0.05, 0) is 72.1 Å². The summed E-state index contributed by atoms with van der Waals surface area (Å²) in [5, 5.41) is 0. The fourth-order valence-corrected chi connectivity index (χ4v) is 4.60. The maximum Gasteiger partial charge on any atom is 0.330 e. The third-order valence-electron chi connectivity index (χ3n) is 6.72. The molecule has 0 fully saturated rings. The standard InChI is InChI=1S/C26H50O4/c1-11-17-26(15-5,20-24(9,13-3)28-16-6)21-25(10,14-4)29-19-18-23(7,8)30-22(27)12-2/h12H,2,11,13-21H2,1,3-10H3. The van der Waals surface area contributed by atoms with E-state index in [-0.39, 0.29) is 22.6 Å². The van der Waals surface area contributed by atoms with Crippen molar-refractivity contribution in [2.75, 3.05) is 13.2 Å². The lowest BCUT2D eigenvalue weighted by atomic mass is 9.66. The van der Waals surface area contributed by atoms with Crippen molar-refractivity contribution in [1.29, 1.82) is 0 Å². The van der Waals surface area contributed by atoms with Crippen LogP contribution in [0.15, 0.2) is 12.7 Å². The minimum Gasteiger partial charge on any atom is -0.456 e. The highest BCUT2D eigenvalue weighted by Gasteiger charge is 2.42. The van der Waals surface area contributed by atoms with Gasteiger partial charge < -0.3 is 14.2 Å². The number of esters is 1. The van der Waals surface area contributed by atoms with Crippen LogP contribution in [-0.4, -0.2) is 36.0 Å². The molecule has 3 unspecified atom stereocenters. The third-order valence-corrected chi connectivity index (χ3v) is 6.72. The van der Waals surface area contributed by atoms with Crippen LogP contribution in [0.5, 0.6) is 0 Å². The first-order chi connectivity index (χ1) is 13.9. The van der Waals surface area contributed by atoms with Crippen LogP contribution in [0.3, 0.4) is 0 Å². The molecule has 0 heterocycles. The molecule has 4 heteroatoms. The van der Waals surface area contributed by atoms with Gasteiger partial charge in [0.2, 0.25) is 0 Å². The van der Waals surface area contributed by atoms with Crippen molar-refractivity contribution < 1.29 is 19.0 Å². The van der Waals surface area contributed by atoms with Gasteiger partial charge >= 0.3 is 5.97 Å². The van der Waals surface area contributed by atoms with Crippen molar-refractivity contribution in [2.45, 2.75) is 130 Å². The molecule has 0 saturated heterocycles. The van der Waals surface area contributed by atoms with Gasteiger partial charge in [-0.2, -0.15) is 0 Å². The lowest BCUT2D eigenvalue weighted by Crippen LogP contribution is -2.43. The Hall–Kier alpha value is -0.870. The highest BCUT2D eigenvalue weighted by atomic mass is 16.6. The number of ether oxygens (including phenoxy) is 3. The molecule has 0 aliphatic rings. The second-order valence-electron chi connectivity index (χ2n) is 9.98. The Morgan fingerprint density at radius 1 is 0.833 bits per heavy atom. The van der Waals surface area contributed by atoms with Gasteiger partial charge in [-0.25, -0.2) is 4.79 Å². The Kier molecular flexibility index (Phi) is 12.5. The molecule has 3 atom stereocenters. The molecule has 0 radical (unpaired) electrons. The van der Waals surface area contributed by atoms with E-state index in [0.717, 1.165) is 45.1 Å². The van der Waals surface area contributed by atoms with Crippen LogP contribution in [0.4, 0.5) is 0 Å². The summed E-state index contributed by atoms with van der Waals surface area (Å²) in [5.41, 5.74) is -0.703. The Morgan fingerprint density at radius 3 is 1.77 bits per heavy atom. The summed E-state index contributed by atoms with van der Waals surface area (Å²) in [6.45, 7) is 24.2. The van der Waals surface area contributed by atoms with Gasteiger partial charge in [0.25, 0.3) is 0 Å². The smallest absolute Gasteiger partial charge is 0.330 e. The summed E-state index contributed by atoms with van der Waals surface area (Å²) in [7, 11) is 0. The minimum atomic E-state index is -0.569. The van der Waals surface area contributed by atoms with Crippen molar-refractivity contribution in [2.24, 2.45) is 5.41 Å². The van der Waals surface area contributed by atoms with E-state index >= 15 is 0 Å². The van der Waals surface area contributed by atoms with Crippen LogP contribution >= 0.6 is 0 Å². The molecule has 0 saturated carbocycles. The molecule has 0 aromatic heterocycles. The number of hydrogen-bond acceptors (Lipinski definition) is 4. The monoisotopic (exact) mass is 426 g/mol. The maximum atomic E-state index is 11.6. The first-order valence-corrected chi connectivity index (χ1v) is 12.0. The van der Waals surface area contributed by atoms with Gasteiger partial charge in [-0.1, -0.05) is 47.1 Å². The third kappa shape index (κ3) is 9.96.